The SMILES string of the molecule is Cc1nc(-c2ccc(Cl)c(Cl)c2)n(Cc2nc(-c3cccs3)no2)n1. The molecule has 9 heteroatoms. The van der Waals surface area contributed by atoms with E-state index < -0.39 is 0 Å². The molecule has 25 heavy (non-hydrogen) atoms. The van der Waals surface area contributed by atoms with Gasteiger partial charge >= 0.3 is 0 Å². The first-order chi connectivity index (χ1) is 12.1. The fraction of sp³-hybridized carbons (Fsp3) is 0.125. The predicted octanol–water partition coefficient (Wildman–Crippen LogP) is 4.72. The highest BCUT2D eigenvalue weighted by Gasteiger charge is 2.16. The summed E-state index contributed by atoms with van der Waals surface area (Å²) in [6, 6.07) is 9.22. The van der Waals surface area contributed by atoms with E-state index in [4.69, 9.17) is 27.7 Å². The number of benzene rings is 1. The molecule has 0 amide bonds. The quantitative estimate of drug-likeness (QED) is 0.503. The van der Waals surface area contributed by atoms with Gasteiger partial charge in [-0.15, -0.1) is 11.3 Å². The first-order valence-electron chi connectivity index (χ1n) is 7.33. The molecule has 0 radical (unpaired) electrons. The Kier molecular flexibility index (Phi) is 4.29. The largest absolute Gasteiger partial charge is 0.337 e. The Bertz CT molecular complexity index is 1030. The number of aryl methyl sites for hydroxylation is 1. The van der Waals surface area contributed by atoms with E-state index in [-0.39, 0.29) is 0 Å². The van der Waals surface area contributed by atoms with Crippen molar-refractivity contribution in [3.63, 3.8) is 0 Å². The van der Waals surface area contributed by atoms with Crippen molar-refractivity contribution in [1.82, 2.24) is 24.9 Å². The normalized spacial score (nSPS) is 11.2. The van der Waals surface area contributed by atoms with Gasteiger partial charge in [0.15, 0.2) is 5.82 Å². The summed E-state index contributed by atoms with van der Waals surface area (Å²) in [5.41, 5.74) is 0.813. The third kappa shape index (κ3) is 3.30. The molecule has 0 aliphatic carbocycles. The average molecular weight is 392 g/mol. The zero-order chi connectivity index (χ0) is 17.4. The molecule has 126 valence electrons. The fourth-order valence-electron chi connectivity index (χ4n) is 2.37. The number of aromatic nitrogens is 5. The number of rotatable bonds is 4. The van der Waals surface area contributed by atoms with Crippen molar-refractivity contribution in [3.05, 3.63) is 57.5 Å². The van der Waals surface area contributed by atoms with Crippen LogP contribution < -0.4 is 0 Å². The van der Waals surface area contributed by atoms with Crippen LogP contribution >= 0.6 is 34.5 Å². The molecule has 0 unspecified atom stereocenters. The zero-order valence-electron chi connectivity index (χ0n) is 13.0. The fourth-order valence-corrected chi connectivity index (χ4v) is 3.31. The number of hydrogen-bond donors (Lipinski definition) is 0. The van der Waals surface area contributed by atoms with Crippen molar-refractivity contribution in [2.24, 2.45) is 0 Å². The predicted molar refractivity (Wildman–Crippen MR) is 96.9 cm³/mol. The average Bonchev–Trinajstić information content (AvgIpc) is 3.31. The second-order valence-electron chi connectivity index (χ2n) is 5.26. The molecule has 0 saturated heterocycles. The van der Waals surface area contributed by atoms with Gasteiger partial charge in [-0.25, -0.2) is 9.67 Å². The summed E-state index contributed by atoms with van der Waals surface area (Å²) < 4.78 is 7.05. The van der Waals surface area contributed by atoms with Gasteiger partial charge in [-0.3, -0.25) is 0 Å². The number of hydrogen-bond acceptors (Lipinski definition) is 6. The Morgan fingerprint density at radius 2 is 2.04 bits per heavy atom. The molecule has 0 saturated carbocycles. The third-order valence-electron chi connectivity index (χ3n) is 3.45. The van der Waals surface area contributed by atoms with Crippen LogP contribution in [0, 0.1) is 6.92 Å². The van der Waals surface area contributed by atoms with Gasteiger partial charge in [0.2, 0.25) is 11.7 Å². The maximum Gasteiger partial charge on any atom is 0.248 e. The van der Waals surface area contributed by atoms with Crippen molar-refractivity contribution in [1.29, 1.82) is 0 Å². The Hall–Kier alpha value is -2.22. The Labute approximate surface area is 157 Å². The molecule has 4 rings (SSSR count). The highest BCUT2D eigenvalue weighted by molar-refractivity contribution is 7.13. The first kappa shape index (κ1) is 16.3. The van der Waals surface area contributed by atoms with Crippen LogP contribution in [0.5, 0.6) is 0 Å². The van der Waals surface area contributed by atoms with Gasteiger partial charge in [0.05, 0.1) is 14.9 Å². The highest BCUT2D eigenvalue weighted by atomic mass is 35.5. The maximum atomic E-state index is 6.11. The van der Waals surface area contributed by atoms with Crippen LogP contribution in [0.3, 0.4) is 0 Å². The molecule has 0 aliphatic heterocycles. The van der Waals surface area contributed by atoms with Crippen LogP contribution in [-0.4, -0.2) is 24.9 Å². The lowest BCUT2D eigenvalue weighted by atomic mass is 10.2. The summed E-state index contributed by atoms with van der Waals surface area (Å²) in [5, 5.41) is 11.3. The third-order valence-corrected chi connectivity index (χ3v) is 5.05. The zero-order valence-corrected chi connectivity index (χ0v) is 15.3. The number of thiophene rings is 1. The van der Waals surface area contributed by atoms with E-state index in [1.807, 2.05) is 30.5 Å². The van der Waals surface area contributed by atoms with Crippen molar-refractivity contribution in [2.45, 2.75) is 13.5 Å². The molecule has 0 bridgehead atoms. The van der Waals surface area contributed by atoms with Gasteiger partial charge in [-0.05, 0) is 36.6 Å². The summed E-state index contributed by atoms with van der Waals surface area (Å²) in [6.45, 7) is 2.14. The van der Waals surface area contributed by atoms with E-state index in [2.05, 4.69) is 20.2 Å². The lowest BCUT2D eigenvalue weighted by Crippen LogP contribution is -2.04. The topological polar surface area (TPSA) is 69.6 Å². The molecule has 3 heterocycles. The van der Waals surface area contributed by atoms with Crippen LogP contribution in [0.1, 0.15) is 11.7 Å². The molecular weight excluding hydrogens is 381 g/mol. The highest BCUT2D eigenvalue weighted by Crippen LogP contribution is 2.28. The molecule has 4 aromatic rings. The number of halogens is 2. The van der Waals surface area contributed by atoms with Gasteiger partial charge < -0.3 is 4.52 Å². The van der Waals surface area contributed by atoms with Gasteiger partial charge in [0, 0.05) is 5.56 Å². The van der Waals surface area contributed by atoms with E-state index in [1.165, 1.54) is 0 Å². The van der Waals surface area contributed by atoms with Crippen LogP contribution in [0.4, 0.5) is 0 Å². The van der Waals surface area contributed by atoms with E-state index >= 15 is 0 Å². The molecular formula is C16H11Cl2N5OS. The van der Waals surface area contributed by atoms with Gasteiger partial charge in [0.25, 0.3) is 0 Å². The second-order valence-corrected chi connectivity index (χ2v) is 7.02. The Morgan fingerprint density at radius 1 is 1.16 bits per heavy atom. The molecule has 0 fully saturated rings. The van der Waals surface area contributed by atoms with Crippen LogP contribution in [0.2, 0.25) is 10.0 Å². The Balaban J connectivity index is 1.66. The van der Waals surface area contributed by atoms with Crippen LogP contribution in [0.15, 0.2) is 40.2 Å². The van der Waals surface area contributed by atoms with Crippen molar-refractivity contribution < 1.29 is 4.52 Å². The van der Waals surface area contributed by atoms with E-state index in [9.17, 15) is 0 Å². The van der Waals surface area contributed by atoms with Crippen molar-refractivity contribution >= 4 is 34.5 Å². The minimum atomic E-state index is 0.314. The van der Waals surface area contributed by atoms with Gasteiger partial charge in [0.1, 0.15) is 12.4 Å². The molecule has 0 spiro atoms. The summed E-state index contributed by atoms with van der Waals surface area (Å²) in [6.07, 6.45) is 0. The smallest absolute Gasteiger partial charge is 0.248 e. The maximum absolute atomic E-state index is 6.11. The van der Waals surface area contributed by atoms with Crippen LogP contribution in [-0.2, 0) is 6.54 Å². The molecule has 0 N–H and O–H groups in total. The van der Waals surface area contributed by atoms with E-state index in [0.717, 1.165) is 10.4 Å². The Morgan fingerprint density at radius 3 is 2.80 bits per heavy atom. The summed E-state index contributed by atoms with van der Waals surface area (Å²) in [4.78, 5) is 9.84. The summed E-state index contributed by atoms with van der Waals surface area (Å²) in [5.74, 6) is 2.32. The molecule has 0 aliphatic rings. The summed E-state index contributed by atoms with van der Waals surface area (Å²) >= 11 is 13.7. The standard InChI is InChI=1S/C16H11Cl2N5OS/c1-9-19-16(10-4-5-11(17)12(18)7-10)23(21-9)8-14-20-15(22-24-14)13-3-2-6-25-13/h2-7H,8H2,1H3. The molecule has 6 nitrogen and oxygen atoms in total. The number of nitrogens with zero attached hydrogens (tertiary/aromatic N) is 5. The first-order valence-corrected chi connectivity index (χ1v) is 8.97. The van der Waals surface area contributed by atoms with Crippen molar-refractivity contribution in [3.8, 4) is 22.1 Å². The van der Waals surface area contributed by atoms with Crippen LogP contribution in [0.25, 0.3) is 22.1 Å². The minimum Gasteiger partial charge on any atom is -0.337 e. The summed E-state index contributed by atoms with van der Waals surface area (Å²) in [7, 11) is 0. The van der Waals surface area contributed by atoms with Crippen molar-refractivity contribution in [2.75, 3.05) is 0 Å². The van der Waals surface area contributed by atoms with Gasteiger partial charge in [-0.2, -0.15) is 10.1 Å². The van der Waals surface area contributed by atoms with E-state index in [1.54, 1.807) is 28.2 Å². The monoisotopic (exact) mass is 391 g/mol. The van der Waals surface area contributed by atoms with Gasteiger partial charge in [-0.1, -0.05) is 34.4 Å². The molecule has 0 atom stereocenters. The minimum absolute atomic E-state index is 0.314. The second kappa shape index (κ2) is 6.59. The lowest BCUT2D eigenvalue weighted by molar-refractivity contribution is 0.366. The van der Waals surface area contributed by atoms with E-state index in [0.29, 0.717) is 40.0 Å². The molecule has 1 aromatic carbocycles. The molecule has 3 aromatic heterocycles. The lowest BCUT2D eigenvalue weighted by Gasteiger charge is -2.04.